The molecule has 104 valence electrons. The van der Waals surface area contributed by atoms with Crippen LogP contribution in [-0.4, -0.2) is 37.1 Å². The second-order valence-corrected chi connectivity index (χ2v) is 5.87. The van der Waals surface area contributed by atoms with Gasteiger partial charge in [-0.2, -0.15) is 5.26 Å². The Labute approximate surface area is 113 Å². The average molecular weight is 251 g/mol. The highest BCUT2D eigenvalue weighted by Gasteiger charge is 2.23. The van der Waals surface area contributed by atoms with Crippen molar-refractivity contribution in [1.82, 2.24) is 10.2 Å². The Morgan fingerprint density at radius 3 is 2.78 bits per heavy atom. The molecule has 0 amide bonds. The molecule has 0 saturated carbocycles. The summed E-state index contributed by atoms with van der Waals surface area (Å²) in [6.07, 6.45) is 7.69. The SMILES string of the molecule is CCCC1CCCN(CCC(C)(C#N)NC)CC1. The Morgan fingerprint density at radius 1 is 1.39 bits per heavy atom. The van der Waals surface area contributed by atoms with E-state index in [1.165, 1.54) is 45.2 Å². The van der Waals surface area contributed by atoms with Gasteiger partial charge in [0.05, 0.1) is 6.07 Å². The molecule has 0 aromatic rings. The number of nitrogens with zero attached hydrogens (tertiary/aromatic N) is 2. The van der Waals surface area contributed by atoms with Crippen LogP contribution in [0.25, 0.3) is 0 Å². The fraction of sp³-hybridized carbons (Fsp3) is 0.933. The van der Waals surface area contributed by atoms with Crippen molar-refractivity contribution in [3.8, 4) is 6.07 Å². The first-order chi connectivity index (χ1) is 8.63. The van der Waals surface area contributed by atoms with E-state index in [4.69, 9.17) is 5.26 Å². The zero-order valence-corrected chi connectivity index (χ0v) is 12.3. The maximum atomic E-state index is 9.15. The molecule has 1 aliphatic rings. The fourth-order valence-corrected chi connectivity index (χ4v) is 2.76. The van der Waals surface area contributed by atoms with Crippen LogP contribution < -0.4 is 5.32 Å². The highest BCUT2D eigenvalue weighted by molar-refractivity contribution is 5.03. The molecule has 1 fully saturated rings. The van der Waals surface area contributed by atoms with Crippen molar-refractivity contribution in [2.45, 2.75) is 57.9 Å². The molecular weight excluding hydrogens is 222 g/mol. The van der Waals surface area contributed by atoms with E-state index >= 15 is 0 Å². The molecule has 1 rings (SSSR count). The van der Waals surface area contributed by atoms with E-state index in [-0.39, 0.29) is 5.54 Å². The second-order valence-electron chi connectivity index (χ2n) is 5.87. The topological polar surface area (TPSA) is 39.1 Å². The Morgan fingerprint density at radius 2 is 2.17 bits per heavy atom. The molecule has 1 N–H and O–H groups in total. The first-order valence-electron chi connectivity index (χ1n) is 7.46. The lowest BCUT2D eigenvalue weighted by Crippen LogP contribution is -2.41. The molecule has 1 heterocycles. The van der Waals surface area contributed by atoms with Gasteiger partial charge >= 0.3 is 0 Å². The normalized spacial score (nSPS) is 25.1. The standard InChI is InChI=1S/C15H29N3/c1-4-6-14-7-5-10-18(11-8-14)12-9-15(2,13-16)17-3/h14,17H,4-12H2,1-3H3. The Bertz CT molecular complexity index is 271. The van der Waals surface area contributed by atoms with Gasteiger partial charge in [-0.25, -0.2) is 0 Å². The monoisotopic (exact) mass is 251 g/mol. The average Bonchev–Trinajstić information content (AvgIpc) is 2.62. The number of likely N-dealkylation sites (tertiary alicyclic amines) is 1. The number of hydrogen-bond acceptors (Lipinski definition) is 3. The van der Waals surface area contributed by atoms with E-state index in [2.05, 4.69) is 23.2 Å². The minimum atomic E-state index is -0.366. The smallest absolute Gasteiger partial charge is 0.104 e. The first-order valence-corrected chi connectivity index (χ1v) is 7.46. The zero-order valence-electron chi connectivity index (χ0n) is 12.3. The molecule has 1 saturated heterocycles. The molecule has 0 radical (unpaired) electrons. The van der Waals surface area contributed by atoms with Crippen LogP contribution in [-0.2, 0) is 0 Å². The van der Waals surface area contributed by atoms with Crippen LogP contribution in [0.2, 0.25) is 0 Å². The Balaban J connectivity index is 2.34. The van der Waals surface area contributed by atoms with Gasteiger partial charge in [-0.15, -0.1) is 0 Å². The van der Waals surface area contributed by atoms with Crippen LogP contribution in [0.4, 0.5) is 0 Å². The summed E-state index contributed by atoms with van der Waals surface area (Å²) in [7, 11) is 1.88. The molecule has 0 spiro atoms. The third-order valence-corrected chi connectivity index (χ3v) is 4.36. The highest BCUT2D eigenvalue weighted by atomic mass is 15.1. The predicted octanol–water partition coefficient (Wildman–Crippen LogP) is 2.78. The lowest BCUT2D eigenvalue weighted by atomic mass is 9.96. The van der Waals surface area contributed by atoms with Gasteiger partial charge < -0.3 is 10.2 Å². The largest absolute Gasteiger partial charge is 0.303 e. The first kappa shape index (κ1) is 15.5. The van der Waals surface area contributed by atoms with E-state index in [1.54, 1.807) is 0 Å². The third-order valence-electron chi connectivity index (χ3n) is 4.36. The predicted molar refractivity (Wildman–Crippen MR) is 76.4 cm³/mol. The maximum absolute atomic E-state index is 9.15. The zero-order chi connectivity index (χ0) is 13.4. The molecule has 0 aromatic carbocycles. The van der Waals surface area contributed by atoms with E-state index < -0.39 is 0 Å². The minimum absolute atomic E-state index is 0.366. The van der Waals surface area contributed by atoms with Crippen molar-refractivity contribution in [3.05, 3.63) is 0 Å². The number of nitriles is 1. The summed E-state index contributed by atoms with van der Waals surface area (Å²) in [6.45, 7) is 7.75. The molecule has 2 atom stereocenters. The van der Waals surface area contributed by atoms with E-state index in [1.807, 2.05) is 14.0 Å². The van der Waals surface area contributed by atoms with Crippen molar-refractivity contribution in [2.75, 3.05) is 26.7 Å². The molecule has 0 aliphatic carbocycles. The number of hydrogen-bond donors (Lipinski definition) is 1. The molecule has 2 unspecified atom stereocenters. The molecular formula is C15H29N3. The van der Waals surface area contributed by atoms with Crippen LogP contribution >= 0.6 is 0 Å². The van der Waals surface area contributed by atoms with Gasteiger partial charge in [-0.1, -0.05) is 19.8 Å². The number of rotatable bonds is 6. The molecule has 18 heavy (non-hydrogen) atoms. The summed E-state index contributed by atoms with van der Waals surface area (Å²) in [5.74, 6) is 0.937. The van der Waals surface area contributed by atoms with Crippen molar-refractivity contribution < 1.29 is 0 Å². The summed E-state index contributed by atoms with van der Waals surface area (Å²) in [5, 5.41) is 12.3. The Kier molecular flexibility index (Phi) is 6.67. The van der Waals surface area contributed by atoms with Gasteiger partial charge in [0.2, 0.25) is 0 Å². The van der Waals surface area contributed by atoms with Gasteiger partial charge in [-0.3, -0.25) is 0 Å². The van der Waals surface area contributed by atoms with Crippen LogP contribution in [0, 0.1) is 17.2 Å². The van der Waals surface area contributed by atoms with Gasteiger partial charge in [0, 0.05) is 6.54 Å². The summed E-state index contributed by atoms with van der Waals surface area (Å²) >= 11 is 0. The summed E-state index contributed by atoms with van der Waals surface area (Å²) in [5.41, 5.74) is -0.366. The molecule has 0 bridgehead atoms. The molecule has 3 heteroatoms. The van der Waals surface area contributed by atoms with Crippen LogP contribution in [0.1, 0.15) is 52.4 Å². The van der Waals surface area contributed by atoms with Gasteiger partial charge in [0.25, 0.3) is 0 Å². The van der Waals surface area contributed by atoms with Crippen molar-refractivity contribution in [3.63, 3.8) is 0 Å². The van der Waals surface area contributed by atoms with E-state index in [0.29, 0.717) is 0 Å². The lowest BCUT2D eigenvalue weighted by Gasteiger charge is -2.26. The third kappa shape index (κ3) is 4.96. The van der Waals surface area contributed by atoms with Crippen LogP contribution in [0.5, 0.6) is 0 Å². The lowest BCUT2D eigenvalue weighted by molar-refractivity contribution is 0.252. The summed E-state index contributed by atoms with van der Waals surface area (Å²) < 4.78 is 0. The second kappa shape index (κ2) is 7.76. The number of nitrogens with one attached hydrogen (secondary N) is 1. The van der Waals surface area contributed by atoms with Gasteiger partial charge in [0.1, 0.15) is 5.54 Å². The van der Waals surface area contributed by atoms with Crippen LogP contribution in [0.15, 0.2) is 0 Å². The summed E-state index contributed by atoms with van der Waals surface area (Å²) in [4.78, 5) is 2.54. The Hall–Kier alpha value is -0.590. The van der Waals surface area contributed by atoms with Gasteiger partial charge in [0.15, 0.2) is 0 Å². The minimum Gasteiger partial charge on any atom is -0.303 e. The summed E-state index contributed by atoms with van der Waals surface area (Å²) in [6, 6.07) is 2.37. The van der Waals surface area contributed by atoms with Crippen molar-refractivity contribution in [1.29, 1.82) is 5.26 Å². The fourth-order valence-electron chi connectivity index (χ4n) is 2.76. The quantitative estimate of drug-likeness (QED) is 0.789. The van der Waals surface area contributed by atoms with Gasteiger partial charge in [-0.05, 0) is 58.7 Å². The van der Waals surface area contributed by atoms with E-state index in [9.17, 15) is 0 Å². The maximum Gasteiger partial charge on any atom is 0.104 e. The highest BCUT2D eigenvalue weighted by Crippen LogP contribution is 2.22. The van der Waals surface area contributed by atoms with Crippen LogP contribution in [0.3, 0.4) is 0 Å². The molecule has 1 aliphatic heterocycles. The van der Waals surface area contributed by atoms with Crippen molar-refractivity contribution in [2.24, 2.45) is 5.92 Å². The van der Waals surface area contributed by atoms with E-state index in [0.717, 1.165) is 18.9 Å². The molecule has 0 aromatic heterocycles. The molecule has 3 nitrogen and oxygen atoms in total. The van der Waals surface area contributed by atoms with Crippen molar-refractivity contribution >= 4 is 0 Å².